The molecule has 1 unspecified atom stereocenters. The van der Waals surface area contributed by atoms with Gasteiger partial charge in [-0.15, -0.1) is 0 Å². The van der Waals surface area contributed by atoms with Gasteiger partial charge in [-0.05, 0) is 25.0 Å². The standard InChI is InChI=1S/C15H17ClFNO4/c1-9(15(20)21)7-18(10-2-3-10)14(19)8-22-11-4-5-13(17)12(16)6-11/h4-6,9-10H,2-3,7-8H2,1H3,(H,20,21). The number of amides is 1. The van der Waals surface area contributed by atoms with Gasteiger partial charge in [-0.25, -0.2) is 4.39 Å². The van der Waals surface area contributed by atoms with Gasteiger partial charge in [0.2, 0.25) is 0 Å². The van der Waals surface area contributed by atoms with Crippen LogP contribution in [0.25, 0.3) is 0 Å². The molecule has 0 heterocycles. The van der Waals surface area contributed by atoms with E-state index in [-0.39, 0.29) is 30.1 Å². The summed E-state index contributed by atoms with van der Waals surface area (Å²) in [4.78, 5) is 24.7. The lowest BCUT2D eigenvalue weighted by atomic mass is 10.1. The molecule has 0 aliphatic heterocycles. The first-order valence-electron chi connectivity index (χ1n) is 6.98. The van der Waals surface area contributed by atoms with Crippen molar-refractivity contribution in [2.75, 3.05) is 13.2 Å². The predicted octanol–water partition coefficient (Wildman–Crippen LogP) is 2.57. The maximum absolute atomic E-state index is 13.0. The zero-order valence-electron chi connectivity index (χ0n) is 12.1. The Bertz CT molecular complexity index is 577. The first kappa shape index (κ1) is 16.5. The number of aliphatic carboxylic acids is 1. The van der Waals surface area contributed by atoms with Gasteiger partial charge in [0.05, 0.1) is 10.9 Å². The minimum Gasteiger partial charge on any atom is -0.484 e. The number of carbonyl (C=O) groups excluding carboxylic acids is 1. The molecule has 1 atom stereocenters. The topological polar surface area (TPSA) is 66.8 Å². The third-order valence-electron chi connectivity index (χ3n) is 3.45. The van der Waals surface area contributed by atoms with Crippen LogP contribution in [0.3, 0.4) is 0 Å². The van der Waals surface area contributed by atoms with Crippen molar-refractivity contribution in [3.63, 3.8) is 0 Å². The van der Waals surface area contributed by atoms with Crippen LogP contribution in [-0.4, -0.2) is 41.1 Å². The van der Waals surface area contributed by atoms with Crippen LogP contribution in [-0.2, 0) is 9.59 Å². The summed E-state index contributed by atoms with van der Waals surface area (Å²) in [6.07, 6.45) is 1.75. The summed E-state index contributed by atoms with van der Waals surface area (Å²) in [5.74, 6) is -2.12. The van der Waals surface area contributed by atoms with Gasteiger partial charge in [-0.2, -0.15) is 0 Å². The Hall–Kier alpha value is -1.82. The Balaban J connectivity index is 1.93. The van der Waals surface area contributed by atoms with E-state index in [0.717, 1.165) is 18.9 Å². The van der Waals surface area contributed by atoms with Gasteiger partial charge in [0.1, 0.15) is 11.6 Å². The number of carbonyl (C=O) groups is 2. The molecule has 0 saturated heterocycles. The zero-order valence-corrected chi connectivity index (χ0v) is 12.8. The minimum absolute atomic E-state index is 0.0801. The summed E-state index contributed by atoms with van der Waals surface area (Å²) < 4.78 is 18.4. The van der Waals surface area contributed by atoms with Crippen molar-refractivity contribution in [3.8, 4) is 5.75 Å². The van der Waals surface area contributed by atoms with Crippen LogP contribution < -0.4 is 4.74 Å². The molecule has 7 heteroatoms. The maximum atomic E-state index is 13.0. The van der Waals surface area contributed by atoms with E-state index in [4.69, 9.17) is 21.4 Å². The molecule has 1 fully saturated rings. The molecular formula is C15H17ClFNO4. The molecule has 1 amide bonds. The average Bonchev–Trinajstić information content (AvgIpc) is 3.29. The van der Waals surface area contributed by atoms with Gasteiger partial charge in [-0.3, -0.25) is 9.59 Å². The molecule has 0 bridgehead atoms. The molecule has 0 radical (unpaired) electrons. The second-order valence-corrected chi connectivity index (χ2v) is 5.79. The van der Waals surface area contributed by atoms with E-state index in [0.29, 0.717) is 5.75 Å². The van der Waals surface area contributed by atoms with Gasteiger partial charge in [0, 0.05) is 18.7 Å². The number of hydrogen-bond donors (Lipinski definition) is 1. The number of ether oxygens (including phenoxy) is 1. The molecular weight excluding hydrogens is 313 g/mol. The normalized spacial score (nSPS) is 15.2. The van der Waals surface area contributed by atoms with Crippen molar-refractivity contribution >= 4 is 23.5 Å². The van der Waals surface area contributed by atoms with Crippen molar-refractivity contribution in [2.24, 2.45) is 5.92 Å². The highest BCUT2D eigenvalue weighted by Gasteiger charge is 2.34. The summed E-state index contributed by atoms with van der Waals surface area (Å²) in [5, 5.41) is 8.88. The van der Waals surface area contributed by atoms with Crippen LogP contribution >= 0.6 is 11.6 Å². The van der Waals surface area contributed by atoms with Crippen LogP contribution in [0.5, 0.6) is 5.75 Å². The third-order valence-corrected chi connectivity index (χ3v) is 3.74. The maximum Gasteiger partial charge on any atom is 0.308 e. The lowest BCUT2D eigenvalue weighted by molar-refractivity contribution is -0.143. The van der Waals surface area contributed by atoms with E-state index in [1.807, 2.05) is 0 Å². The van der Waals surface area contributed by atoms with E-state index in [1.54, 1.807) is 11.8 Å². The number of halogens is 2. The average molecular weight is 330 g/mol. The van der Waals surface area contributed by atoms with Crippen molar-refractivity contribution in [3.05, 3.63) is 29.0 Å². The van der Waals surface area contributed by atoms with Crippen molar-refractivity contribution < 1.29 is 23.8 Å². The molecule has 5 nitrogen and oxygen atoms in total. The quantitative estimate of drug-likeness (QED) is 0.835. The van der Waals surface area contributed by atoms with E-state index in [9.17, 15) is 14.0 Å². The number of nitrogens with zero attached hydrogens (tertiary/aromatic N) is 1. The van der Waals surface area contributed by atoms with E-state index >= 15 is 0 Å². The molecule has 1 N–H and O–H groups in total. The smallest absolute Gasteiger partial charge is 0.308 e. The van der Waals surface area contributed by atoms with Crippen LogP contribution in [0, 0.1) is 11.7 Å². The Morgan fingerprint density at radius 2 is 2.18 bits per heavy atom. The van der Waals surface area contributed by atoms with Crippen molar-refractivity contribution in [1.82, 2.24) is 4.90 Å². The highest BCUT2D eigenvalue weighted by molar-refractivity contribution is 6.30. The molecule has 1 aromatic rings. The molecule has 22 heavy (non-hydrogen) atoms. The lowest BCUT2D eigenvalue weighted by Gasteiger charge is -2.24. The third kappa shape index (κ3) is 4.34. The van der Waals surface area contributed by atoms with Crippen LogP contribution in [0.2, 0.25) is 5.02 Å². The van der Waals surface area contributed by atoms with E-state index in [1.165, 1.54) is 12.1 Å². The molecule has 1 aliphatic rings. The Labute approximate surface area is 132 Å². The van der Waals surface area contributed by atoms with Gasteiger partial charge in [0.25, 0.3) is 5.91 Å². The number of hydrogen-bond acceptors (Lipinski definition) is 3. The zero-order chi connectivity index (χ0) is 16.3. The second-order valence-electron chi connectivity index (χ2n) is 5.38. The van der Waals surface area contributed by atoms with E-state index < -0.39 is 17.7 Å². The Kier molecular flexibility index (Phi) is 5.24. The molecule has 1 saturated carbocycles. The highest BCUT2D eigenvalue weighted by atomic mass is 35.5. The predicted molar refractivity (Wildman–Crippen MR) is 78.4 cm³/mol. The Morgan fingerprint density at radius 1 is 1.50 bits per heavy atom. The molecule has 120 valence electrons. The summed E-state index contributed by atoms with van der Waals surface area (Å²) >= 11 is 5.64. The number of carboxylic acids is 1. The SMILES string of the molecule is CC(CN(C(=O)COc1ccc(F)c(Cl)c1)C1CC1)C(=O)O. The summed E-state index contributed by atoms with van der Waals surface area (Å²) in [5.41, 5.74) is 0. The molecule has 0 spiro atoms. The van der Waals surface area contributed by atoms with Gasteiger partial charge in [0.15, 0.2) is 6.61 Å². The fourth-order valence-electron chi connectivity index (χ4n) is 2.01. The monoisotopic (exact) mass is 329 g/mol. The first-order valence-corrected chi connectivity index (χ1v) is 7.36. The van der Waals surface area contributed by atoms with Crippen molar-refractivity contribution in [1.29, 1.82) is 0 Å². The van der Waals surface area contributed by atoms with E-state index in [2.05, 4.69) is 0 Å². The van der Waals surface area contributed by atoms with Gasteiger partial charge < -0.3 is 14.7 Å². The highest BCUT2D eigenvalue weighted by Crippen LogP contribution is 2.28. The largest absolute Gasteiger partial charge is 0.484 e. The molecule has 2 rings (SSSR count). The lowest BCUT2D eigenvalue weighted by Crippen LogP contribution is -2.41. The summed E-state index contributed by atoms with van der Waals surface area (Å²) in [6.45, 7) is 1.49. The second kappa shape index (κ2) is 6.96. The molecule has 1 aliphatic carbocycles. The molecule has 1 aromatic carbocycles. The number of carboxylic acid groups (broad SMARTS) is 1. The fraction of sp³-hybridized carbons (Fsp3) is 0.467. The van der Waals surface area contributed by atoms with Gasteiger partial charge in [-0.1, -0.05) is 18.5 Å². The van der Waals surface area contributed by atoms with Gasteiger partial charge >= 0.3 is 5.97 Å². The summed E-state index contributed by atoms with van der Waals surface area (Å²) in [6, 6.07) is 3.93. The van der Waals surface area contributed by atoms with Crippen LogP contribution in [0.15, 0.2) is 18.2 Å². The van der Waals surface area contributed by atoms with Crippen molar-refractivity contribution in [2.45, 2.75) is 25.8 Å². The fourth-order valence-corrected chi connectivity index (χ4v) is 2.18. The van der Waals surface area contributed by atoms with Crippen LogP contribution in [0.1, 0.15) is 19.8 Å². The first-order chi connectivity index (χ1) is 10.4. The molecule has 0 aromatic heterocycles. The minimum atomic E-state index is -0.940. The van der Waals surface area contributed by atoms with Crippen LogP contribution in [0.4, 0.5) is 4.39 Å². The summed E-state index contributed by atoms with van der Waals surface area (Å²) in [7, 11) is 0. The number of benzene rings is 1. The number of rotatable bonds is 7. The Morgan fingerprint density at radius 3 is 2.73 bits per heavy atom.